The number of nitrogens with zero attached hydrogens (tertiary/aromatic N) is 2. The molecule has 0 aliphatic rings. The quantitative estimate of drug-likeness (QED) is 0.763. The fourth-order valence-corrected chi connectivity index (χ4v) is 3.11. The number of hydrogen-bond donors (Lipinski definition) is 1. The van der Waals surface area contributed by atoms with Crippen LogP contribution in [0.5, 0.6) is 0 Å². The Morgan fingerprint density at radius 3 is 2.67 bits per heavy atom. The van der Waals surface area contributed by atoms with Gasteiger partial charge in [0.2, 0.25) is 10.0 Å². The van der Waals surface area contributed by atoms with Gasteiger partial charge in [0.25, 0.3) is 0 Å². The Bertz CT molecular complexity index is 960. The minimum absolute atomic E-state index is 0.262. The number of hydrogen-bond acceptors (Lipinski definition) is 5. The molecule has 0 bridgehead atoms. The summed E-state index contributed by atoms with van der Waals surface area (Å²) in [6.45, 7) is -0.262. The van der Waals surface area contributed by atoms with Gasteiger partial charge in [0, 0.05) is 12.4 Å². The van der Waals surface area contributed by atoms with Crippen LogP contribution in [0, 0.1) is 11.6 Å². The molecular formula is C15H11F2N3O3S. The standard InChI is InChI=1S/C15H11F2N3O3S/c16-10-3-4-11(17)14(8-10)24(21,22)20-9-12-15(19-6-5-18-12)13-2-1-7-23-13/h1-8,20H,9H2. The zero-order valence-corrected chi connectivity index (χ0v) is 12.9. The van der Waals surface area contributed by atoms with E-state index < -0.39 is 26.6 Å². The maximum Gasteiger partial charge on any atom is 0.243 e. The van der Waals surface area contributed by atoms with Crippen LogP contribution in [0.1, 0.15) is 5.69 Å². The van der Waals surface area contributed by atoms with E-state index in [2.05, 4.69) is 14.7 Å². The molecule has 0 fully saturated rings. The second-order valence-corrected chi connectivity index (χ2v) is 6.46. The number of furan rings is 1. The summed E-state index contributed by atoms with van der Waals surface area (Å²) in [5, 5.41) is 0. The fourth-order valence-electron chi connectivity index (χ4n) is 2.04. The van der Waals surface area contributed by atoms with Crippen LogP contribution in [0.25, 0.3) is 11.5 Å². The second-order valence-electron chi connectivity index (χ2n) is 4.73. The van der Waals surface area contributed by atoms with Crippen LogP contribution in [-0.2, 0) is 16.6 Å². The van der Waals surface area contributed by atoms with Crippen molar-refractivity contribution < 1.29 is 21.6 Å². The van der Waals surface area contributed by atoms with Crippen molar-refractivity contribution in [3.8, 4) is 11.5 Å². The molecule has 0 aliphatic carbocycles. The van der Waals surface area contributed by atoms with E-state index in [1.807, 2.05) is 0 Å². The van der Waals surface area contributed by atoms with Crippen molar-refractivity contribution in [3.05, 3.63) is 66.3 Å². The summed E-state index contributed by atoms with van der Waals surface area (Å²) in [6.07, 6.45) is 4.26. The molecule has 0 radical (unpaired) electrons. The van der Waals surface area contributed by atoms with Gasteiger partial charge in [-0.05, 0) is 30.3 Å². The van der Waals surface area contributed by atoms with E-state index in [0.717, 1.165) is 12.1 Å². The van der Waals surface area contributed by atoms with Crippen LogP contribution in [0.2, 0.25) is 0 Å². The lowest BCUT2D eigenvalue weighted by atomic mass is 10.2. The summed E-state index contributed by atoms with van der Waals surface area (Å²) >= 11 is 0. The molecule has 6 nitrogen and oxygen atoms in total. The fraction of sp³-hybridized carbons (Fsp3) is 0.0667. The van der Waals surface area contributed by atoms with E-state index in [4.69, 9.17) is 4.42 Å². The highest BCUT2D eigenvalue weighted by atomic mass is 32.2. The molecule has 0 unspecified atom stereocenters. The lowest BCUT2D eigenvalue weighted by Gasteiger charge is -2.09. The number of nitrogens with one attached hydrogen (secondary N) is 1. The Labute approximate surface area is 136 Å². The molecule has 2 aromatic heterocycles. The summed E-state index contributed by atoms with van der Waals surface area (Å²) in [6, 6.07) is 5.50. The van der Waals surface area contributed by atoms with Crippen molar-refractivity contribution in [2.24, 2.45) is 0 Å². The molecule has 124 valence electrons. The van der Waals surface area contributed by atoms with Crippen LogP contribution in [0.4, 0.5) is 8.78 Å². The third kappa shape index (κ3) is 3.31. The van der Waals surface area contributed by atoms with Gasteiger partial charge in [-0.2, -0.15) is 0 Å². The van der Waals surface area contributed by atoms with Gasteiger partial charge in [-0.3, -0.25) is 4.98 Å². The van der Waals surface area contributed by atoms with Crippen LogP contribution in [0.15, 0.2) is 58.3 Å². The van der Waals surface area contributed by atoms with Crippen molar-refractivity contribution in [1.29, 1.82) is 0 Å². The molecule has 0 aliphatic heterocycles. The van der Waals surface area contributed by atoms with Crippen LogP contribution >= 0.6 is 0 Å². The SMILES string of the molecule is O=S(=O)(NCc1nccnc1-c1ccco1)c1cc(F)ccc1F. The zero-order valence-electron chi connectivity index (χ0n) is 12.1. The first kappa shape index (κ1) is 16.2. The minimum Gasteiger partial charge on any atom is -0.463 e. The summed E-state index contributed by atoms with van der Waals surface area (Å²) in [7, 11) is -4.26. The summed E-state index contributed by atoms with van der Waals surface area (Å²) < 4.78 is 58.6. The van der Waals surface area contributed by atoms with Gasteiger partial charge < -0.3 is 4.42 Å². The first-order chi connectivity index (χ1) is 11.5. The Kier molecular flexibility index (Phi) is 4.36. The maximum atomic E-state index is 13.7. The minimum atomic E-state index is -4.26. The predicted octanol–water partition coefficient (Wildman–Crippen LogP) is 2.49. The van der Waals surface area contributed by atoms with Gasteiger partial charge in [-0.15, -0.1) is 0 Å². The number of halogens is 2. The number of sulfonamides is 1. The van der Waals surface area contributed by atoms with Crippen LogP contribution in [-0.4, -0.2) is 18.4 Å². The molecule has 0 spiro atoms. The lowest BCUT2D eigenvalue weighted by molar-refractivity contribution is 0.544. The first-order valence-corrected chi connectivity index (χ1v) is 8.24. The van der Waals surface area contributed by atoms with E-state index in [-0.39, 0.29) is 12.2 Å². The van der Waals surface area contributed by atoms with Crippen molar-refractivity contribution in [2.45, 2.75) is 11.4 Å². The Balaban J connectivity index is 1.87. The molecule has 0 amide bonds. The van der Waals surface area contributed by atoms with E-state index in [9.17, 15) is 17.2 Å². The topological polar surface area (TPSA) is 85.1 Å². The zero-order chi connectivity index (χ0) is 17.2. The maximum absolute atomic E-state index is 13.7. The number of benzene rings is 1. The third-order valence-corrected chi connectivity index (χ3v) is 4.56. The van der Waals surface area contributed by atoms with Gasteiger partial charge in [0.15, 0.2) is 5.76 Å². The van der Waals surface area contributed by atoms with Crippen molar-refractivity contribution >= 4 is 10.0 Å². The lowest BCUT2D eigenvalue weighted by Crippen LogP contribution is -2.25. The van der Waals surface area contributed by atoms with E-state index >= 15 is 0 Å². The number of aromatic nitrogens is 2. The van der Waals surface area contributed by atoms with Crippen molar-refractivity contribution in [2.75, 3.05) is 0 Å². The molecule has 0 atom stereocenters. The van der Waals surface area contributed by atoms with E-state index in [1.54, 1.807) is 12.1 Å². The normalized spacial score (nSPS) is 11.6. The first-order valence-electron chi connectivity index (χ1n) is 6.76. The monoisotopic (exact) mass is 351 g/mol. The van der Waals surface area contributed by atoms with Gasteiger partial charge in [-0.1, -0.05) is 0 Å². The molecule has 1 aromatic carbocycles. The molecule has 9 heteroatoms. The smallest absolute Gasteiger partial charge is 0.243 e. The van der Waals surface area contributed by atoms with Crippen LogP contribution in [0.3, 0.4) is 0 Å². The van der Waals surface area contributed by atoms with Gasteiger partial charge in [0.05, 0.1) is 18.5 Å². The predicted molar refractivity (Wildman–Crippen MR) is 80.1 cm³/mol. The molecule has 0 saturated carbocycles. The average molecular weight is 351 g/mol. The summed E-state index contributed by atoms with van der Waals surface area (Å²) in [4.78, 5) is 7.38. The van der Waals surface area contributed by atoms with Gasteiger partial charge in [0.1, 0.15) is 22.2 Å². The largest absolute Gasteiger partial charge is 0.463 e. The highest BCUT2D eigenvalue weighted by Gasteiger charge is 2.21. The molecule has 3 aromatic rings. The molecule has 24 heavy (non-hydrogen) atoms. The highest BCUT2D eigenvalue weighted by Crippen LogP contribution is 2.21. The van der Waals surface area contributed by atoms with Crippen molar-refractivity contribution in [3.63, 3.8) is 0 Å². The summed E-state index contributed by atoms with van der Waals surface area (Å²) in [5.41, 5.74) is 0.637. The van der Waals surface area contributed by atoms with Crippen molar-refractivity contribution in [1.82, 2.24) is 14.7 Å². The number of rotatable bonds is 5. The van der Waals surface area contributed by atoms with Gasteiger partial charge >= 0.3 is 0 Å². The van der Waals surface area contributed by atoms with E-state index in [1.165, 1.54) is 18.7 Å². The molecule has 2 heterocycles. The van der Waals surface area contributed by atoms with E-state index in [0.29, 0.717) is 17.5 Å². The van der Waals surface area contributed by atoms with Crippen LogP contribution < -0.4 is 4.72 Å². The Hall–Kier alpha value is -2.65. The van der Waals surface area contributed by atoms with Gasteiger partial charge in [-0.25, -0.2) is 26.9 Å². The highest BCUT2D eigenvalue weighted by molar-refractivity contribution is 7.89. The average Bonchev–Trinajstić information content (AvgIpc) is 3.10. The molecule has 1 N–H and O–H groups in total. The summed E-state index contributed by atoms with van der Waals surface area (Å²) in [5.74, 6) is -1.49. The molecular weight excluding hydrogens is 340 g/mol. The molecule has 0 saturated heterocycles. The second kappa shape index (κ2) is 6.46. The Morgan fingerprint density at radius 2 is 1.92 bits per heavy atom. The molecule has 3 rings (SSSR count). The Morgan fingerprint density at radius 1 is 1.12 bits per heavy atom. The third-order valence-electron chi connectivity index (χ3n) is 3.14.